The summed E-state index contributed by atoms with van der Waals surface area (Å²) in [7, 11) is -3.85. The molecule has 0 atom stereocenters. The van der Waals surface area contributed by atoms with Crippen molar-refractivity contribution in [2.45, 2.75) is 11.8 Å². The van der Waals surface area contributed by atoms with Gasteiger partial charge in [0.05, 0.1) is 9.82 Å². The van der Waals surface area contributed by atoms with Gasteiger partial charge in [-0.05, 0) is 19.1 Å². The van der Waals surface area contributed by atoms with E-state index >= 15 is 0 Å². The van der Waals surface area contributed by atoms with E-state index in [9.17, 15) is 18.5 Å². The molecule has 0 saturated carbocycles. The molecule has 88 valence electrons. The molecule has 1 aromatic rings. The van der Waals surface area contributed by atoms with Crippen LogP contribution in [0.1, 0.15) is 6.92 Å². The van der Waals surface area contributed by atoms with Crippen LogP contribution in [0.25, 0.3) is 0 Å². The van der Waals surface area contributed by atoms with Gasteiger partial charge in [-0.2, -0.15) is 0 Å². The quantitative estimate of drug-likeness (QED) is 0.597. The summed E-state index contributed by atoms with van der Waals surface area (Å²) in [6.45, 7) is 2.18. The summed E-state index contributed by atoms with van der Waals surface area (Å²) in [5.74, 6) is 0. The zero-order valence-corrected chi connectivity index (χ0v) is 9.32. The molecule has 0 aromatic heterocycles. The summed E-state index contributed by atoms with van der Waals surface area (Å²) in [4.78, 5) is 9.89. The maximum absolute atomic E-state index is 11.1. The number of primary sulfonamides is 1. The smallest absolute Gasteiger partial charge is 0.292 e. The molecule has 0 bridgehead atoms. The van der Waals surface area contributed by atoms with Gasteiger partial charge in [0.1, 0.15) is 5.69 Å². The van der Waals surface area contributed by atoms with Crippen molar-refractivity contribution in [1.82, 2.24) is 0 Å². The second-order valence-electron chi connectivity index (χ2n) is 3.01. The van der Waals surface area contributed by atoms with Crippen molar-refractivity contribution in [2.75, 3.05) is 11.9 Å². The molecule has 0 heterocycles. The fourth-order valence-electron chi connectivity index (χ4n) is 1.18. The Morgan fingerprint density at radius 1 is 1.50 bits per heavy atom. The van der Waals surface area contributed by atoms with Crippen LogP contribution in [0, 0.1) is 10.1 Å². The normalized spacial score (nSPS) is 11.1. The molecule has 0 aliphatic rings. The third-order valence-electron chi connectivity index (χ3n) is 1.86. The lowest BCUT2D eigenvalue weighted by Gasteiger charge is -2.06. The average molecular weight is 245 g/mol. The highest BCUT2D eigenvalue weighted by atomic mass is 32.2. The summed E-state index contributed by atoms with van der Waals surface area (Å²) >= 11 is 0. The number of hydrogen-bond acceptors (Lipinski definition) is 5. The molecule has 0 aliphatic carbocycles. The molecule has 1 aromatic carbocycles. The predicted molar refractivity (Wildman–Crippen MR) is 58.6 cm³/mol. The Kier molecular flexibility index (Phi) is 3.45. The number of nitrogens with zero attached hydrogens (tertiary/aromatic N) is 1. The lowest BCUT2D eigenvalue weighted by molar-refractivity contribution is -0.384. The van der Waals surface area contributed by atoms with E-state index in [2.05, 4.69) is 5.32 Å². The number of sulfonamides is 1. The molecular weight excluding hydrogens is 234 g/mol. The van der Waals surface area contributed by atoms with Crippen LogP contribution in [-0.2, 0) is 10.0 Å². The highest BCUT2D eigenvalue weighted by Crippen LogP contribution is 2.26. The van der Waals surface area contributed by atoms with Gasteiger partial charge in [0.15, 0.2) is 0 Å². The van der Waals surface area contributed by atoms with Gasteiger partial charge in [-0.3, -0.25) is 10.1 Å². The van der Waals surface area contributed by atoms with Crippen LogP contribution in [0.15, 0.2) is 23.1 Å². The van der Waals surface area contributed by atoms with Crippen molar-refractivity contribution in [3.8, 4) is 0 Å². The summed E-state index contributed by atoms with van der Waals surface area (Å²) in [5, 5.41) is 18.3. The van der Waals surface area contributed by atoms with Crippen molar-refractivity contribution in [1.29, 1.82) is 0 Å². The molecule has 16 heavy (non-hydrogen) atoms. The van der Waals surface area contributed by atoms with Crippen LogP contribution in [0.2, 0.25) is 0 Å². The number of nitrogens with one attached hydrogen (secondary N) is 1. The van der Waals surface area contributed by atoms with Gasteiger partial charge in [-0.25, -0.2) is 13.6 Å². The molecular formula is C8H11N3O4S. The number of rotatable bonds is 4. The number of nitro benzene ring substituents is 1. The van der Waals surface area contributed by atoms with Crippen LogP contribution in [0.4, 0.5) is 11.4 Å². The largest absolute Gasteiger partial charge is 0.380 e. The molecule has 8 heteroatoms. The molecule has 1 rings (SSSR count). The predicted octanol–water partition coefficient (Wildman–Crippen LogP) is 0.674. The van der Waals surface area contributed by atoms with E-state index in [0.717, 1.165) is 18.2 Å². The van der Waals surface area contributed by atoms with E-state index in [1.807, 2.05) is 0 Å². The Morgan fingerprint density at radius 2 is 2.12 bits per heavy atom. The van der Waals surface area contributed by atoms with Gasteiger partial charge < -0.3 is 5.32 Å². The topological polar surface area (TPSA) is 115 Å². The molecule has 0 amide bonds. The molecule has 3 N–H and O–H groups in total. The summed E-state index contributed by atoms with van der Waals surface area (Å²) < 4.78 is 22.1. The number of nitro groups is 1. The highest BCUT2D eigenvalue weighted by Gasteiger charge is 2.17. The van der Waals surface area contributed by atoms with E-state index in [1.54, 1.807) is 6.92 Å². The first-order valence-electron chi connectivity index (χ1n) is 4.41. The molecule has 7 nitrogen and oxygen atoms in total. The van der Waals surface area contributed by atoms with Crippen LogP contribution >= 0.6 is 0 Å². The van der Waals surface area contributed by atoms with Gasteiger partial charge in [0, 0.05) is 12.6 Å². The number of hydrogen-bond donors (Lipinski definition) is 2. The number of anilines is 1. The zero-order chi connectivity index (χ0) is 12.3. The first-order valence-corrected chi connectivity index (χ1v) is 5.96. The van der Waals surface area contributed by atoms with Crippen molar-refractivity contribution in [3.63, 3.8) is 0 Å². The third kappa shape index (κ3) is 2.67. The minimum atomic E-state index is -3.85. The van der Waals surface area contributed by atoms with Crippen LogP contribution in [0.3, 0.4) is 0 Å². The van der Waals surface area contributed by atoms with E-state index in [1.165, 1.54) is 0 Å². The fraction of sp³-hybridized carbons (Fsp3) is 0.250. The SMILES string of the molecule is CCNc1cc(S(N)(=O)=O)ccc1[N+](=O)[O-]. The van der Waals surface area contributed by atoms with Crippen molar-refractivity contribution < 1.29 is 13.3 Å². The second-order valence-corrected chi connectivity index (χ2v) is 4.57. The first-order chi connectivity index (χ1) is 7.36. The van der Waals surface area contributed by atoms with Crippen LogP contribution in [-0.4, -0.2) is 19.9 Å². The molecule has 0 spiro atoms. The van der Waals surface area contributed by atoms with E-state index in [-0.39, 0.29) is 16.3 Å². The lowest BCUT2D eigenvalue weighted by atomic mass is 10.2. The van der Waals surface area contributed by atoms with Crippen molar-refractivity contribution in [2.24, 2.45) is 5.14 Å². The van der Waals surface area contributed by atoms with Gasteiger partial charge in [-0.15, -0.1) is 0 Å². The van der Waals surface area contributed by atoms with E-state index in [4.69, 9.17) is 5.14 Å². The standard InChI is InChI=1S/C8H11N3O4S/c1-2-10-7-5-6(16(9,14)15)3-4-8(7)11(12)13/h3-5,10H,2H2,1H3,(H2,9,14,15). The van der Waals surface area contributed by atoms with Gasteiger partial charge >= 0.3 is 0 Å². The monoisotopic (exact) mass is 245 g/mol. The van der Waals surface area contributed by atoms with E-state index in [0.29, 0.717) is 6.54 Å². The van der Waals surface area contributed by atoms with Gasteiger partial charge in [-0.1, -0.05) is 0 Å². The molecule has 0 saturated heterocycles. The Bertz CT molecular complexity index is 512. The summed E-state index contributed by atoms with van der Waals surface area (Å²) in [5.41, 5.74) is -0.0479. The van der Waals surface area contributed by atoms with E-state index < -0.39 is 14.9 Å². The minimum absolute atomic E-state index is 0.138. The van der Waals surface area contributed by atoms with Crippen LogP contribution in [0.5, 0.6) is 0 Å². The van der Waals surface area contributed by atoms with Gasteiger partial charge in [0.2, 0.25) is 10.0 Å². The molecule has 0 radical (unpaired) electrons. The maximum Gasteiger partial charge on any atom is 0.292 e. The highest BCUT2D eigenvalue weighted by molar-refractivity contribution is 7.89. The Morgan fingerprint density at radius 3 is 2.56 bits per heavy atom. The lowest BCUT2D eigenvalue weighted by Crippen LogP contribution is -2.13. The maximum atomic E-state index is 11.1. The third-order valence-corrected chi connectivity index (χ3v) is 2.77. The summed E-state index contributed by atoms with van der Waals surface area (Å²) in [6.07, 6.45) is 0. The van der Waals surface area contributed by atoms with Crippen molar-refractivity contribution in [3.05, 3.63) is 28.3 Å². The van der Waals surface area contributed by atoms with Crippen LogP contribution < -0.4 is 10.5 Å². The summed E-state index contributed by atoms with van der Waals surface area (Å²) in [6, 6.07) is 3.36. The number of nitrogens with two attached hydrogens (primary N) is 1. The second kappa shape index (κ2) is 4.45. The Labute approximate surface area is 92.5 Å². The molecule has 0 fully saturated rings. The Hall–Kier alpha value is -1.67. The zero-order valence-electron chi connectivity index (χ0n) is 8.50. The van der Waals surface area contributed by atoms with Gasteiger partial charge in [0.25, 0.3) is 5.69 Å². The molecule has 0 aliphatic heterocycles. The fourth-order valence-corrected chi connectivity index (χ4v) is 1.72. The average Bonchev–Trinajstić information content (AvgIpc) is 2.16. The van der Waals surface area contributed by atoms with Crippen molar-refractivity contribution >= 4 is 21.4 Å². The number of benzene rings is 1. The Balaban J connectivity index is 3.33. The minimum Gasteiger partial charge on any atom is -0.380 e. The molecule has 0 unspecified atom stereocenters. The first kappa shape index (κ1) is 12.4.